The third-order valence-corrected chi connectivity index (χ3v) is 3.11. The number of carboxylic acids is 1. The molecule has 0 aromatic heterocycles. The molecule has 1 N–H and O–H groups in total. The Balaban J connectivity index is 2.77. The Kier molecular flexibility index (Phi) is 5.86. The number of carbonyl (C=O) groups excluding carboxylic acids is 1. The monoisotopic (exact) mass is 301 g/mol. The van der Waals surface area contributed by atoms with Crippen LogP contribution in [0.25, 0.3) is 0 Å². The molecule has 0 unspecified atom stereocenters. The van der Waals surface area contributed by atoms with Crippen molar-refractivity contribution in [1.82, 2.24) is 4.90 Å². The van der Waals surface area contributed by atoms with Crippen LogP contribution in [-0.2, 0) is 16.0 Å². The van der Waals surface area contributed by atoms with E-state index in [9.17, 15) is 9.59 Å². The van der Waals surface area contributed by atoms with E-state index < -0.39 is 5.97 Å². The van der Waals surface area contributed by atoms with Crippen molar-refractivity contribution >= 4 is 35.1 Å². The van der Waals surface area contributed by atoms with Crippen molar-refractivity contribution in [2.75, 3.05) is 13.1 Å². The molecule has 0 spiro atoms. The lowest BCUT2D eigenvalue weighted by Crippen LogP contribution is -2.36. The van der Waals surface area contributed by atoms with Gasteiger partial charge >= 0.3 is 5.97 Å². The van der Waals surface area contributed by atoms with Crippen molar-refractivity contribution in [1.29, 1.82) is 0 Å². The average Bonchev–Trinajstić information content (AvgIpc) is 2.33. The molecular formula is C13H13Cl2NO3. The predicted octanol–water partition coefficient (Wildman–Crippen LogP) is 2.64. The Hall–Kier alpha value is -1.52. The van der Waals surface area contributed by atoms with Crippen LogP contribution in [0.5, 0.6) is 0 Å². The van der Waals surface area contributed by atoms with Crippen LogP contribution in [0, 0.1) is 0 Å². The fourth-order valence-corrected chi connectivity index (χ4v) is 1.83. The summed E-state index contributed by atoms with van der Waals surface area (Å²) in [6.45, 7) is 3.33. The zero-order valence-electron chi connectivity index (χ0n) is 10.1. The topological polar surface area (TPSA) is 57.6 Å². The molecule has 1 rings (SSSR count). The molecule has 0 heterocycles. The second kappa shape index (κ2) is 7.16. The molecule has 0 radical (unpaired) electrons. The summed E-state index contributed by atoms with van der Waals surface area (Å²) in [5.74, 6) is -1.37. The van der Waals surface area contributed by atoms with Gasteiger partial charge in [-0.3, -0.25) is 9.59 Å². The van der Waals surface area contributed by atoms with Gasteiger partial charge in [-0.2, -0.15) is 0 Å². The lowest BCUT2D eigenvalue weighted by Gasteiger charge is -2.18. The molecule has 0 saturated heterocycles. The highest BCUT2D eigenvalue weighted by Crippen LogP contribution is 2.23. The van der Waals surface area contributed by atoms with E-state index in [-0.39, 0.29) is 25.4 Å². The summed E-state index contributed by atoms with van der Waals surface area (Å²) in [4.78, 5) is 23.9. The van der Waals surface area contributed by atoms with Crippen molar-refractivity contribution in [2.24, 2.45) is 0 Å². The maximum absolute atomic E-state index is 12.0. The number of hydrogen-bond acceptors (Lipinski definition) is 2. The van der Waals surface area contributed by atoms with E-state index in [1.54, 1.807) is 18.2 Å². The number of benzene rings is 1. The number of aliphatic carboxylic acids is 1. The van der Waals surface area contributed by atoms with Crippen LogP contribution in [0.2, 0.25) is 10.0 Å². The van der Waals surface area contributed by atoms with Crippen LogP contribution in [0.15, 0.2) is 30.9 Å². The van der Waals surface area contributed by atoms with Gasteiger partial charge in [0.2, 0.25) is 5.91 Å². The molecule has 1 aromatic carbocycles. The van der Waals surface area contributed by atoms with Crippen molar-refractivity contribution in [3.8, 4) is 0 Å². The maximum atomic E-state index is 12.0. The van der Waals surface area contributed by atoms with Gasteiger partial charge in [-0.05, 0) is 17.7 Å². The van der Waals surface area contributed by atoms with Crippen LogP contribution >= 0.6 is 23.2 Å². The predicted molar refractivity (Wildman–Crippen MR) is 74.6 cm³/mol. The fraction of sp³-hybridized carbons (Fsp3) is 0.231. The first kappa shape index (κ1) is 15.5. The van der Waals surface area contributed by atoms with Crippen molar-refractivity contribution < 1.29 is 14.7 Å². The molecule has 4 nitrogen and oxygen atoms in total. The highest BCUT2D eigenvalue weighted by molar-refractivity contribution is 6.42. The van der Waals surface area contributed by atoms with E-state index in [1.807, 2.05) is 0 Å². The molecule has 0 aliphatic heterocycles. The second-order valence-corrected chi connectivity index (χ2v) is 4.70. The fourth-order valence-electron chi connectivity index (χ4n) is 1.51. The summed E-state index contributed by atoms with van der Waals surface area (Å²) in [6, 6.07) is 4.87. The number of carboxylic acid groups (broad SMARTS) is 1. The minimum absolute atomic E-state index is 0.0675. The Labute approximate surface area is 121 Å². The normalized spacial score (nSPS) is 10.0. The first-order chi connectivity index (χ1) is 8.93. The first-order valence-corrected chi connectivity index (χ1v) is 6.24. The Bertz CT molecular complexity index is 503. The average molecular weight is 302 g/mol. The molecule has 6 heteroatoms. The van der Waals surface area contributed by atoms with E-state index >= 15 is 0 Å². The summed E-state index contributed by atoms with van der Waals surface area (Å²) in [7, 11) is 0. The summed E-state index contributed by atoms with van der Waals surface area (Å²) in [6.07, 6.45) is 1.55. The van der Waals surface area contributed by atoms with Gasteiger partial charge in [0.05, 0.1) is 16.5 Å². The molecule has 0 aliphatic carbocycles. The van der Waals surface area contributed by atoms with Gasteiger partial charge in [-0.1, -0.05) is 35.3 Å². The van der Waals surface area contributed by atoms with E-state index in [0.29, 0.717) is 15.6 Å². The molecule has 0 atom stereocenters. The highest BCUT2D eigenvalue weighted by atomic mass is 35.5. The molecule has 0 saturated carbocycles. The van der Waals surface area contributed by atoms with Gasteiger partial charge in [-0.25, -0.2) is 0 Å². The Morgan fingerprint density at radius 2 is 2.00 bits per heavy atom. The third kappa shape index (κ3) is 4.93. The van der Waals surface area contributed by atoms with Crippen molar-refractivity contribution in [3.63, 3.8) is 0 Å². The van der Waals surface area contributed by atoms with E-state index in [4.69, 9.17) is 28.3 Å². The van der Waals surface area contributed by atoms with Crippen LogP contribution in [-0.4, -0.2) is 35.0 Å². The SMILES string of the molecule is C=CCN(CC(=O)O)C(=O)Cc1ccc(Cl)c(Cl)c1. The smallest absolute Gasteiger partial charge is 0.323 e. The highest BCUT2D eigenvalue weighted by Gasteiger charge is 2.16. The molecule has 0 aliphatic rings. The zero-order valence-corrected chi connectivity index (χ0v) is 11.6. The molecular weight excluding hydrogens is 289 g/mol. The number of halogens is 2. The molecule has 1 aromatic rings. The second-order valence-electron chi connectivity index (χ2n) is 3.88. The van der Waals surface area contributed by atoms with Crippen LogP contribution in [0.3, 0.4) is 0 Å². The van der Waals surface area contributed by atoms with E-state index in [0.717, 1.165) is 0 Å². The van der Waals surface area contributed by atoms with Crippen molar-refractivity contribution in [3.05, 3.63) is 46.5 Å². The number of carbonyl (C=O) groups is 2. The van der Waals surface area contributed by atoms with Gasteiger partial charge in [0.25, 0.3) is 0 Å². The Morgan fingerprint density at radius 1 is 1.32 bits per heavy atom. The van der Waals surface area contributed by atoms with Gasteiger partial charge < -0.3 is 10.0 Å². The van der Waals surface area contributed by atoms with Gasteiger partial charge in [-0.15, -0.1) is 6.58 Å². The Morgan fingerprint density at radius 3 is 2.53 bits per heavy atom. The number of nitrogens with zero attached hydrogens (tertiary/aromatic N) is 1. The molecule has 0 bridgehead atoms. The molecule has 102 valence electrons. The maximum Gasteiger partial charge on any atom is 0.323 e. The van der Waals surface area contributed by atoms with Gasteiger partial charge in [0.15, 0.2) is 0 Å². The summed E-state index contributed by atoms with van der Waals surface area (Å²) in [5, 5.41) is 9.51. The first-order valence-electron chi connectivity index (χ1n) is 5.48. The lowest BCUT2D eigenvalue weighted by molar-refractivity contribution is -0.143. The minimum Gasteiger partial charge on any atom is -0.480 e. The minimum atomic E-state index is -1.07. The zero-order chi connectivity index (χ0) is 14.4. The number of rotatable bonds is 6. The van der Waals surface area contributed by atoms with Crippen LogP contribution < -0.4 is 0 Å². The third-order valence-electron chi connectivity index (χ3n) is 2.37. The lowest BCUT2D eigenvalue weighted by atomic mass is 10.1. The van der Waals surface area contributed by atoms with Gasteiger partial charge in [0.1, 0.15) is 6.54 Å². The summed E-state index contributed by atoms with van der Waals surface area (Å²) in [5.41, 5.74) is 0.679. The standard InChI is InChI=1S/C13H13Cl2NO3/c1-2-5-16(8-13(18)19)12(17)7-9-3-4-10(14)11(15)6-9/h2-4,6H,1,5,7-8H2,(H,18,19). The van der Waals surface area contributed by atoms with E-state index in [1.165, 1.54) is 11.0 Å². The van der Waals surface area contributed by atoms with Crippen molar-refractivity contribution in [2.45, 2.75) is 6.42 Å². The molecule has 0 fully saturated rings. The van der Waals surface area contributed by atoms with Crippen LogP contribution in [0.4, 0.5) is 0 Å². The summed E-state index contributed by atoms with van der Waals surface area (Å²) >= 11 is 11.6. The van der Waals surface area contributed by atoms with Crippen LogP contribution in [0.1, 0.15) is 5.56 Å². The molecule has 1 amide bonds. The largest absolute Gasteiger partial charge is 0.480 e. The summed E-state index contributed by atoms with van der Waals surface area (Å²) < 4.78 is 0. The quantitative estimate of drug-likeness (QED) is 0.822. The molecule has 19 heavy (non-hydrogen) atoms. The van der Waals surface area contributed by atoms with E-state index in [2.05, 4.69) is 6.58 Å². The number of hydrogen-bond donors (Lipinski definition) is 1. The van der Waals surface area contributed by atoms with Gasteiger partial charge in [0, 0.05) is 6.54 Å². The number of amides is 1.